The van der Waals surface area contributed by atoms with Crippen molar-refractivity contribution in [3.8, 4) is 5.75 Å². The number of hydrogen-bond donors (Lipinski definition) is 3. The zero-order chi connectivity index (χ0) is 21.5. The second-order valence-corrected chi connectivity index (χ2v) is 6.17. The normalized spacial score (nSPS) is 10.7. The molecule has 0 fully saturated rings. The van der Waals surface area contributed by atoms with Gasteiger partial charge < -0.3 is 15.2 Å². The monoisotopic (exact) mass is 405 g/mol. The predicted octanol–water partition coefficient (Wildman–Crippen LogP) is 2.81. The van der Waals surface area contributed by atoms with Crippen molar-refractivity contribution in [3.63, 3.8) is 0 Å². The number of carbonyl (C=O) groups is 3. The van der Waals surface area contributed by atoms with Gasteiger partial charge in [0.05, 0.1) is 18.4 Å². The first-order chi connectivity index (χ1) is 14.5. The highest BCUT2D eigenvalue weighted by Gasteiger charge is 2.14. The summed E-state index contributed by atoms with van der Waals surface area (Å²) in [6, 6.07) is 16.6. The molecule has 0 aliphatic carbocycles. The number of aromatic hydroxyl groups is 1. The lowest BCUT2D eigenvalue weighted by Gasteiger charge is -2.06. The summed E-state index contributed by atoms with van der Waals surface area (Å²) >= 11 is 0. The molecule has 0 saturated heterocycles. The van der Waals surface area contributed by atoms with E-state index in [2.05, 4.69) is 15.8 Å². The number of nitrogens with one attached hydrogen (secondary N) is 2. The van der Waals surface area contributed by atoms with E-state index in [1.165, 1.54) is 36.5 Å². The topological polar surface area (TPSA) is 117 Å². The van der Waals surface area contributed by atoms with Crippen molar-refractivity contribution >= 4 is 40.5 Å². The number of rotatable bonds is 5. The van der Waals surface area contributed by atoms with E-state index in [1.54, 1.807) is 13.0 Å². The number of nitrogens with zero attached hydrogens (tertiary/aromatic N) is 1. The van der Waals surface area contributed by atoms with Crippen molar-refractivity contribution < 1.29 is 24.2 Å². The number of ether oxygens (including phenoxy) is 1. The van der Waals surface area contributed by atoms with Gasteiger partial charge in [-0.2, -0.15) is 5.10 Å². The second kappa shape index (κ2) is 9.33. The molecule has 152 valence electrons. The Hall–Kier alpha value is -4.20. The molecule has 8 heteroatoms. The first-order valence-corrected chi connectivity index (χ1v) is 9.12. The predicted molar refractivity (Wildman–Crippen MR) is 112 cm³/mol. The molecule has 0 saturated carbocycles. The van der Waals surface area contributed by atoms with Crippen molar-refractivity contribution in [2.45, 2.75) is 6.92 Å². The lowest BCUT2D eigenvalue weighted by atomic mass is 10.0. The molecule has 0 aromatic heterocycles. The van der Waals surface area contributed by atoms with Crippen LogP contribution in [0.25, 0.3) is 10.8 Å². The smallest absolute Gasteiger partial charge is 0.338 e. The Morgan fingerprint density at radius 2 is 1.73 bits per heavy atom. The number of phenolic OH excluding ortho intramolecular Hbond substituents is 1. The van der Waals surface area contributed by atoms with E-state index >= 15 is 0 Å². The van der Waals surface area contributed by atoms with Crippen LogP contribution in [0.1, 0.15) is 22.8 Å². The van der Waals surface area contributed by atoms with E-state index in [-0.39, 0.29) is 12.4 Å². The van der Waals surface area contributed by atoms with Gasteiger partial charge in [-0.3, -0.25) is 9.59 Å². The van der Waals surface area contributed by atoms with Crippen molar-refractivity contribution in [1.29, 1.82) is 0 Å². The molecule has 0 unspecified atom stereocenters. The number of phenols is 1. The number of hydrogen-bond acceptors (Lipinski definition) is 6. The van der Waals surface area contributed by atoms with Crippen LogP contribution in [0.4, 0.5) is 5.69 Å². The summed E-state index contributed by atoms with van der Waals surface area (Å²) in [6.07, 6.45) is 1.27. The van der Waals surface area contributed by atoms with E-state index < -0.39 is 17.8 Å². The number of fused-ring (bicyclic) bond motifs is 1. The Bertz CT molecular complexity index is 1120. The minimum absolute atomic E-state index is 0.00200. The SMILES string of the molecule is CCOC(=O)c1ccc(NC(=O)C(=O)NN=Cc2c(O)ccc3ccccc23)cc1. The third kappa shape index (κ3) is 4.79. The van der Waals surface area contributed by atoms with E-state index in [4.69, 9.17) is 4.74 Å². The van der Waals surface area contributed by atoms with Crippen LogP contribution in [-0.2, 0) is 14.3 Å². The van der Waals surface area contributed by atoms with Crippen LogP contribution < -0.4 is 10.7 Å². The van der Waals surface area contributed by atoms with Crippen LogP contribution in [0, 0.1) is 0 Å². The van der Waals surface area contributed by atoms with Crippen LogP contribution in [0.3, 0.4) is 0 Å². The van der Waals surface area contributed by atoms with Crippen LogP contribution in [0.15, 0.2) is 65.8 Å². The highest BCUT2D eigenvalue weighted by molar-refractivity contribution is 6.39. The Kier molecular flexibility index (Phi) is 6.39. The van der Waals surface area contributed by atoms with Crippen LogP contribution in [0.2, 0.25) is 0 Å². The zero-order valence-corrected chi connectivity index (χ0v) is 16.1. The number of hydrazone groups is 1. The van der Waals surface area contributed by atoms with E-state index in [0.29, 0.717) is 16.8 Å². The largest absolute Gasteiger partial charge is 0.507 e. The molecule has 0 bridgehead atoms. The average Bonchev–Trinajstić information content (AvgIpc) is 2.75. The summed E-state index contributed by atoms with van der Waals surface area (Å²) in [5, 5.41) is 17.9. The maximum atomic E-state index is 12.0. The standard InChI is InChI=1S/C22H19N3O5/c1-2-30-22(29)15-7-10-16(11-8-15)24-20(27)21(28)25-23-13-18-17-6-4-3-5-14(17)9-12-19(18)26/h3-13,26H,2H2,1H3,(H,24,27)(H,25,28). The van der Waals surface area contributed by atoms with Crippen molar-refractivity contribution in [2.24, 2.45) is 5.10 Å². The van der Waals surface area contributed by atoms with Crippen molar-refractivity contribution in [2.75, 3.05) is 11.9 Å². The summed E-state index contributed by atoms with van der Waals surface area (Å²) in [5.41, 5.74) is 3.21. The van der Waals surface area contributed by atoms with Gasteiger partial charge in [0.1, 0.15) is 5.75 Å². The number of benzene rings is 3. The van der Waals surface area contributed by atoms with Crippen LogP contribution in [-0.4, -0.2) is 35.7 Å². The van der Waals surface area contributed by atoms with Gasteiger partial charge in [-0.15, -0.1) is 0 Å². The number of esters is 1. The fourth-order valence-electron chi connectivity index (χ4n) is 2.72. The van der Waals surface area contributed by atoms with Gasteiger partial charge in [-0.05, 0) is 48.0 Å². The fraction of sp³-hybridized carbons (Fsp3) is 0.0909. The molecule has 8 nitrogen and oxygen atoms in total. The highest BCUT2D eigenvalue weighted by atomic mass is 16.5. The quantitative estimate of drug-likeness (QED) is 0.261. The molecule has 0 spiro atoms. The van der Waals surface area contributed by atoms with Crippen LogP contribution >= 0.6 is 0 Å². The first kappa shape index (κ1) is 20.5. The summed E-state index contributed by atoms with van der Waals surface area (Å²) in [4.78, 5) is 35.6. The molecule has 0 radical (unpaired) electrons. The Balaban J connectivity index is 1.62. The molecule has 3 aromatic rings. The molecule has 0 aliphatic rings. The van der Waals surface area contributed by atoms with Gasteiger partial charge in [0.2, 0.25) is 0 Å². The molecule has 3 aromatic carbocycles. The Morgan fingerprint density at radius 3 is 2.47 bits per heavy atom. The van der Waals surface area contributed by atoms with Gasteiger partial charge in [-0.1, -0.05) is 30.3 Å². The van der Waals surface area contributed by atoms with Crippen molar-refractivity contribution in [1.82, 2.24) is 5.43 Å². The highest BCUT2D eigenvalue weighted by Crippen LogP contribution is 2.25. The molecular weight excluding hydrogens is 386 g/mol. The van der Waals surface area contributed by atoms with Gasteiger partial charge in [0.25, 0.3) is 0 Å². The zero-order valence-electron chi connectivity index (χ0n) is 16.1. The average molecular weight is 405 g/mol. The molecule has 0 aliphatic heterocycles. The second-order valence-electron chi connectivity index (χ2n) is 6.17. The van der Waals surface area contributed by atoms with E-state index in [0.717, 1.165) is 10.8 Å². The van der Waals surface area contributed by atoms with Gasteiger partial charge in [0.15, 0.2) is 0 Å². The third-order valence-corrected chi connectivity index (χ3v) is 4.17. The molecular formula is C22H19N3O5. The summed E-state index contributed by atoms with van der Waals surface area (Å²) in [5.74, 6) is -2.39. The van der Waals surface area contributed by atoms with Gasteiger partial charge in [-0.25, -0.2) is 10.2 Å². The number of amides is 2. The summed E-state index contributed by atoms with van der Waals surface area (Å²) in [6.45, 7) is 1.96. The van der Waals surface area contributed by atoms with E-state index in [1.807, 2.05) is 24.3 Å². The first-order valence-electron chi connectivity index (χ1n) is 9.12. The number of carbonyl (C=O) groups excluding carboxylic acids is 3. The Morgan fingerprint density at radius 1 is 1.00 bits per heavy atom. The third-order valence-electron chi connectivity index (χ3n) is 4.17. The van der Waals surface area contributed by atoms with Gasteiger partial charge in [0, 0.05) is 11.3 Å². The maximum absolute atomic E-state index is 12.0. The molecule has 3 rings (SSSR count). The lowest BCUT2D eigenvalue weighted by molar-refractivity contribution is -0.136. The van der Waals surface area contributed by atoms with Gasteiger partial charge >= 0.3 is 17.8 Å². The van der Waals surface area contributed by atoms with E-state index in [9.17, 15) is 19.5 Å². The fourth-order valence-corrected chi connectivity index (χ4v) is 2.72. The molecule has 0 heterocycles. The molecule has 2 amide bonds. The summed E-state index contributed by atoms with van der Waals surface area (Å²) < 4.78 is 4.88. The molecule has 30 heavy (non-hydrogen) atoms. The minimum Gasteiger partial charge on any atom is -0.507 e. The Labute approximate surface area is 172 Å². The van der Waals surface area contributed by atoms with Crippen LogP contribution in [0.5, 0.6) is 5.75 Å². The molecule has 0 atom stereocenters. The van der Waals surface area contributed by atoms with Crippen molar-refractivity contribution in [3.05, 3.63) is 71.8 Å². The minimum atomic E-state index is -0.986. The number of anilines is 1. The molecule has 3 N–H and O–H groups in total. The maximum Gasteiger partial charge on any atom is 0.338 e. The summed E-state index contributed by atoms with van der Waals surface area (Å²) in [7, 11) is 0. The lowest BCUT2D eigenvalue weighted by Crippen LogP contribution is -2.32.